The molecule has 5 nitrogen and oxygen atoms in total. The van der Waals surface area contributed by atoms with Gasteiger partial charge in [-0.25, -0.2) is 15.4 Å². The number of nitrogens with zero attached hydrogens (tertiary/aromatic N) is 2. The molecule has 0 atom stereocenters. The number of hydrazine groups is 1. The monoisotopic (exact) mass is 340 g/mol. The number of fused-ring (bicyclic) bond motifs is 3. The van der Waals surface area contributed by atoms with E-state index >= 15 is 0 Å². The van der Waals surface area contributed by atoms with Crippen LogP contribution in [-0.2, 0) is 12.8 Å². The van der Waals surface area contributed by atoms with E-state index in [0.717, 1.165) is 35.2 Å². The van der Waals surface area contributed by atoms with Crippen LogP contribution in [0.3, 0.4) is 0 Å². The first-order valence-electron chi connectivity index (χ1n) is 8.09. The van der Waals surface area contributed by atoms with Gasteiger partial charge in [-0.2, -0.15) is 0 Å². The van der Waals surface area contributed by atoms with Crippen molar-refractivity contribution in [2.45, 2.75) is 33.1 Å². The fraction of sp³-hybridized carbons (Fsp3) is 0.333. The van der Waals surface area contributed by atoms with E-state index in [1.165, 1.54) is 10.4 Å². The molecule has 124 valence electrons. The zero-order valence-corrected chi connectivity index (χ0v) is 14.6. The van der Waals surface area contributed by atoms with E-state index in [4.69, 9.17) is 5.84 Å². The lowest BCUT2D eigenvalue weighted by atomic mass is 9.77. The second-order valence-electron chi connectivity index (χ2n) is 7.08. The minimum absolute atomic E-state index is 0.0450. The molecular formula is C18H20N4OS. The van der Waals surface area contributed by atoms with Gasteiger partial charge in [-0.05, 0) is 42.4 Å². The number of nitrogens with two attached hydrogens (primary N) is 1. The molecule has 1 aromatic carbocycles. The van der Waals surface area contributed by atoms with Crippen molar-refractivity contribution >= 4 is 27.5 Å². The predicted molar refractivity (Wildman–Crippen MR) is 98.8 cm³/mol. The lowest BCUT2D eigenvalue weighted by molar-refractivity contribution is 0.320. The van der Waals surface area contributed by atoms with E-state index in [0.29, 0.717) is 5.95 Å². The van der Waals surface area contributed by atoms with Gasteiger partial charge >= 0.3 is 0 Å². The van der Waals surface area contributed by atoms with Crippen LogP contribution in [-0.4, -0.2) is 9.55 Å². The highest BCUT2D eigenvalue weighted by Crippen LogP contribution is 2.41. The van der Waals surface area contributed by atoms with E-state index in [1.54, 1.807) is 15.9 Å². The molecule has 24 heavy (non-hydrogen) atoms. The minimum atomic E-state index is -0.0450. The summed E-state index contributed by atoms with van der Waals surface area (Å²) >= 11 is 1.63. The third-order valence-electron chi connectivity index (χ3n) is 4.74. The van der Waals surface area contributed by atoms with E-state index in [9.17, 15) is 4.79 Å². The van der Waals surface area contributed by atoms with Gasteiger partial charge in [-0.15, -0.1) is 11.3 Å². The normalized spacial score (nSPS) is 16.1. The average Bonchev–Trinajstić information content (AvgIpc) is 2.91. The number of aromatic nitrogens is 2. The maximum atomic E-state index is 13.2. The largest absolute Gasteiger partial charge is 0.293 e. The first kappa shape index (κ1) is 15.4. The van der Waals surface area contributed by atoms with E-state index < -0.39 is 0 Å². The standard InChI is InChI=1S/C18H20N4OS/c1-18(2)9-8-12-13(10-18)24-15-14(12)16(23)22(17(20-15)21-19)11-6-4-3-5-7-11/h3-7H,8-10,19H2,1-2H3,(H,20,21). The average molecular weight is 340 g/mol. The molecule has 0 fully saturated rings. The molecule has 2 aromatic heterocycles. The summed E-state index contributed by atoms with van der Waals surface area (Å²) in [7, 11) is 0. The summed E-state index contributed by atoms with van der Waals surface area (Å²) in [6, 6.07) is 9.50. The van der Waals surface area contributed by atoms with Crippen molar-refractivity contribution in [3.8, 4) is 5.69 Å². The lowest BCUT2D eigenvalue weighted by Gasteiger charge is -2.29. The first-order valence-corrected chi connectivity index (χ1v) is 8.91. The molecule has 1 aliphatic rings. The molecule has 0 spiro atoms. The Kier molecular flexibility index (Phi) is 3.47. The van der Waals surface area contributed by atoms with Crippen molar-refractivity contribution in [3.05, 3.63) is 51.1 Å². The Balaban J connectivity index is 2.02. The van der Waals surface area contributed by atoms with Crippen molar-refractivity contribution in [1.82, 2.24) is 9.55 Å². The molecular weight excluding hydrogens is 320 g/mol. The highest BCUT2D eigenvalue weighted by atomic mass is 32.1. The lowest BCUT2D eigenvalue weighted by Crippen LogP contribution is -2.27. The second-order valence-corrected chi connectivity index (χ2v) is 8.16. The van der Waals surface area contributed by atoms with Gasteiger partial charge in [-0.3, -0.25) is 10.2 Å². The fourth-order valence-electron chi connectivity index (χ4n) is 3.46. The first-order chi connectivity index (χ1) is 11.5. The molecule has 0 amide bonds. The summed E-state index contributed by atoms with van der Waals surface area (Å²) in [5, 5.41) is 0.758. The molecule has 3 aromatic rings. The molecule has 3 N–H and O–H groups in total. The number of nitrogens with one attached hydrogen (secondary N) is 1. The maximum absolute atomic E-state index is 13.2. The molecule has 0 saturated carbocycles. The Bertz CT molecular complexity index is 972. The van der Waals surface area contributed by atoms with E-state index in [1.807, 2.05) is 30.3 Å². The van der Waals surface area contributed by atoms with E-state index in [-0.39, 0.29) is 11.0 Å². The van der Waals surface area contributed by atoms with Crippen LogP contribution in [0.25, 0.3) is 15.9 Å². The molecule has 6 heteroatoms. The number of hydrogen-bond acceptors (Lipinski definition) is 5. The molecule has 2 heterocycles. The van der Waals surface area contributed by atoms with Crippen LogP contribution >= 0.6 is 11.3 Å². The number of thiophene rings is 1. The SMILES string of the molecule is CC1(C)CCc2c(sc3nc(NN)n(-c4ccccc4)c(=O)c23)C1. The van der Waals surface area contributed by atoms with Crippen LogP contribution in [0.1, 0.15) is 30.7 Å². The molecule has 0 aliphatic heterocycles. The van der Waals surface area contributed by atoms with Gasteiger partial charge in [0, 0.05) is 4.88 Å². The van der Waals surface area contributed by atoms with Crippen LogP contribution in [0.2, 0.25) is 0 Å². The maximum Gasteiger partial charge on any atom is 0.268 e. The quantitative estimate of drug-likeness (QED) is 0.555. The van der Waals surface area contributed by atoms with E-state index in [2.05, 4.69) is 24.3 Å². The zero-order valence-electron chi connectivity index (χ0n) is 13.8. The number of anilines is 1. The second kappa shape index (κ2) is 5.43. The number of aryl methyl sites for hydroxylation is 1. The summed E-state index contributed by atoms with van der Waals surface area (Å²) in [6.45, 7) is 4.56. The van der Waals surface area contributed by atoms with Crippen LogP contribution in [0.4, 0.5) is 5.95 Å². The topological polar surface area (TPSA) is 72.9 Å². The van der Waals surface area contributed by atoms with Crippen molar-refractivity contribution in [2.24, 2.45) is 11.3 Å². The van der Waals surface area contributed by atoms with Gasteiger partial charge in [0.25, 0.3) is 5.56 Å². The Morgan fingerprint density at radius 2 is 2.04 bits per heavy atom. The summed E-state index contributed by atoms with van der Waals surface area (Å²) < 4.78 is 1.56. The third kappa shape index (κ3) is 2.34. The summed E-state index contributed by atoms with van der Waals surface area (Å²) in [5.74, 6) is 6.02. The van der Waals surface area contributed by atoms with Gasteiger partial charge in [0.2, 0.25) is 5.95 Å². The van der Waals surface area contributed by atoms with Gasteiger partial charge in [0.15, 0.2) is 0 Å². The van der Waals surface area contributed by atoms with Gasteiger partial charge in [0.05, 0.1) is 11.1 Å². The molecule has 0 saturated heterocycles. The van der Waals surface area contributed by atoms with Crippen molar-refractivity contribution in [2.75, 3.05) is 5.43 Å². The van der Waals surface area contributed by atoms with Crippen LogP contribution in [0, 0.1) is 5.41 Å². The van der Waals surface area contributed by atoms with Crippen molar-refractivity contribution in [3.63, 3.8) is 0 Å². The zero-order chi connectivity index (χ0) is 16.9. The van der Waals surface area contributed by atoms with Gasteiger partial charge < -0.3 is 0 Å². The molecule has 0 bridgehead atoms. The minimum Gasteiger partial charge on any atom is -0.293 e. The number of rotatable bonds is 2. The number of benzene rings is 1. The van der Waals surface area contributed by atoms with Gasteiger partial charge in [-0.1, -0.05) is 32.0 Å². The third-order valence-corrected chi connectivity index (χ3v) is 5.87. The number of hydrogen-bond donors (Lipinski definition) is 2. The van der Waals surface area contributed by atoms with Crippen LogP contribution < -0.4 is 16.8 Å². The Hall–Kier alpha value is -2.18. The number of nitrogen functional groups attached to an aromatic ring is 1. The highest BCUT2D eigenvalue weighted by Gasteiger charge is 2.30. The van der Waals surface area contributed by atoms with Crippen LogP contribution in [0.5, 0.6) is 0 Å². The van der Waals surface area contributed by atoms with Gasteiger partial charge in [0.1, 0.15) is 4.83 Å². The fourth-order valence-corrected chi connectivity index (χ4v) is 4.93. The summed E-state index contributed by atoms with van der Waals surface area (Å²) in [5.41, 5.74) is 4.76. The Morgan fingerprint density at radius 3 is 2.75 bits per heavy atom. The number of para-hydroxylation sites is 1. The highest BCUT2D eigenvalue weighted by molar-refractivity contribution is 7.18. The Morgan fingerprint density at radius 1 is 1.29 bits per heavy atom. The molecule has 0 radical (unpaired) electrons. The van der Waals surface area contributed by atoms with Crippen molar-refractivity contribution in [1.29, 1.82) is 0 Å². The van der Waals surface area contributed by atoms with Crippen molar-refractivity contribution < 1.29 is 0 Å². The molecule has 4 rings (SSSR count). The summed E-state index contributed by atoms with van der Waals surface area (Å²) in [4.78, 5) is 19.9. The predicted octanol–water partition coefficient (Wildman–Crippen LogP) is 3.25. The summed E-state index contributed by atoms with van der Waals surface area (Å²) in [6.07, 6.45) is 3.02. The van der Waals surface area contributed by atoms with Crippen LogP contribution in [0.15, 0.2) is 35.1 Å². The molecule has 1 aliphatic carbocycles. The Labute approximate surface area is 144 Å². The smallest absolute Gasteiger partial charge is 0.268 e. The molecule has 0 unspecified atom stereocenters.